The van der Waals surface area contributed by atoms with Crippen molar-refractivity contribution in [3.8, 4) is 73.1 Å². The summed E-state index contributed by atoms with van der Waals surface area (Å²) in [6, 6.07) is 86.2. The third kappa shape index (κ3) is 6.65. The molecule has 0 atom stereocenters. The Labute approximate surface area is 387 Å². The minimum absolute atomic E-state index is 0.687. The smallest absolute Gasteiger partial charge is 0.160 e. The topological polar surface area (TPSA) is 43.6 Å². The van der Waals surface area contributed by atoms with E-state index in [9.17, 15) is 0 Å². The standard InChI is InChI=1S/C63H40N4/c1-3-15-41(16-4-1)47-20-13-21-48(39-47)57-40-56(64-63(65-57)46-18-5-2-6-19-46)44-29-31-45(32-30-44)61-55-38-35-42-17-7-8-22-50(42)60(55)54-26-14-25-51(62(54)66-61)43-33-36-49(37-34-43)67-58-27-11-9-23-52(58)53-24-10-12-28-59(53)67/h1-40H. The van der Waals surface area contributed by atoms with E-state index in [2.05, 4.69) is 223 Å². The summed E-state index contributed by atoms with van der Waals surface area (Å²) in [7, 11) is 0. The Morgan fingerprint density at radius 2 is 0.851 bits per heavy atom. The Kier molecular flexibility index (Phi) is 9.14. The zero-order chi connectivity index (χ0) is 44.3. The van der Waals surface area contributed by atoms with Crippen LogP contribution in [0.2, 0.25) is 0 Å². The number of aromatic nitrogens is 4. The van der Waals surface area contributed by atoms with E-state index in [0.717, 1.165) is 78.0 Å². The van der Waals surface area contributed by atoms with E-state index in [4.69, 9.17) is 15.0 Å². The summed E-state index contributed by atoms with van der Waals surface area (Å²) < 4.78 is 2.37. The van der Waals surface area contributed by atoms with Gasteiger partial charge < -0.3 is 4.57 Å². The molecule has 0 saturated heterocycles. The van der Waals surface area contributed by atoms with Crippen LogP contribution in [0.5, 0.6) is 0 Å². The number of para-hydroxylation sites is 3. The van der Waals surface area contributed by atoms with Gasteiger partial charge in [-0.25, -0.2) is 15.0 Å². The van der Waals surface area contributed by atoms with E-state index >= 15 is 0 Å². The minimum atomic E-state index is 0.687. The average molecular weight is 853 g/mol. The molecule has 0 fully saturated rings. The van der Waals surface area contributed by atoms with Crippen LogP contribution in [0.25, 0.3) is 127 Å². The van der Waals surface area contributed by atoms with Crippen molar-refractivity contribution in [3.05, 3.63) is 243 Å². The summed E-state index contributed by atoms with van der Waals surface area (Å²) in [5, 5.41) is 8.38. The first-order valence-corrected chi connectivity index (χ1v) is 22.8. The number of hydrogen-bond donors (Lipinski definition) is 0. The molecule has 67 heavy (non-hydrogen) atoms. The van der Waals surface area contributed by atoms with Gasteiger partial charge in [0.1, 0.15) is 0 Å². The maximum atomic E-state index is 5.62. The normalized spacial score (nSPS) is 11.6. The average Bonchev–Trinajstić information content (AvgIpc) is 3.75. The van der Waals surface area contributed by atoms with Gasteiger partial charge in [-0.2, -0.15) is 0 Å². The molecule has 4 nitrogen and oxygen atoms in total. The Morgan fingerprint density at radius 3 is 1.58 bits per heavy atom. The van der Waals surface area contributed by atoms with Crippen molar-refractivity contribution in [3.63, 3.8) is 0 Å². The molecule has 0 spiro atoms. The first-order chi connectivity index (χ1) is 33.2. The second-order valence-electron chi connectivity index (χ2n) is 17.1. The van der Waals surface area contributed by atoms with Crippen molar-refractivity contribution in [1.82, 2.24) is 19.5 Å². The molecule has 3 aromatic heterocycles. The summed E-state index contributed by atoms with van der Waals surface area (Å²) in [6.45, 7) is 0. The largest absolute Gasteiger partial charge is 0.309 e. The Balaban J connectivity index is 0.942. The minimum Gasteiger partial charge on any atom is -0.309 e. The van der Waals surface area contributed by atoms with Gasteiger partial charge in [-0.1, -0.05) is 206 Å². The summed E-state index contributed by atoms with van der Waals surface area (Å²) in [5.41, 5.74) is 15.7. The van der Waals surface area contributed by atoms with Crippen LogP contribution in [0.3, 0.4) is 0 Å². The third-order valence-corrected chi connectivity index (χ3v) is 13.2. The highest BCUT2D eigenvalue weighted by Gasteiger charge is 2.18. The zero-order valence-corrected chi connectivity index (χ0v) is 36.4. The predicted octanol–water partition coefficient (Wildman–Crippen LogP) is 16.4. The van der Waals surface area contributed by atoms with Crippen LogP contribution in [0, 0.1) is 0 Å². The Morgan fingerprint density at radius 1 is 0.299 bits per heavy atom. The van der Waals surface area contributed by atoms with Gasteiger partial charge in [0.25, 0.3) is 0 Å². The highest BCUT2D eigenvalue weighted by molar-refractivity contribution is 6.24. The SMILES string of the molecule is c1ccc(-c2cccc(-c3cc(-c4ccc(-c5nc6c(-c7ccc(-n8c9ccccc9c9ccccc98)cc7)cccc6c6c5ccc5ccccc56)cc4)nc(-c4ccccc4)n3)c2)cc1. The Hall–Kier alpha value is -8.99. The van der Waals surface area contributed by atoms with Crippen molar-refractivity contribution in [2.45, 2.75) is 0 Å². The number of rotatable bonds is 7. The van der Waals surface area contributed by atoms with Crippen LogP contribution in [0.4, 0.5) is 0 Å². The first-order valence-electron chi connectivity index (χ1n) is 22.8. The van der Waals surface area contributed by atoms with Crippen LogP contribution in [-0.4, -0.2) is 19.5 Å². The molecule has 0 unspecified atom stereocenters. The van der Waals surface area contributed by atoms with Gasteiger partial charge >= 0.3 is 0 Å². The van der Waals surface area contributed by atoms with Gasteiger partial charge in [-0.05, 0) is 63.9 Å². The second-order valence-corrected chi connectivity index (χ2v) is 17.1. The van der Waals surface area contributed by atoms with Crippen LogP contribution in [0.15, 0.2) is 243 Å². The number of hydrogen-bond acceptors (Lipinski definition) is 3. The van der Waals surface area contributed by atoms with E-state index in [1.165, 1.54) is 43.5 Å². The number of benzene rings is 10. The molecule has 312 valence electrons. The van der Waals surface area contributed by atoms with E-state index in [1.54, 1.807) is 0 Å². The van der Waals surface area contributed by atoms with Gasteiger partial charge in [0.15, 0.2) is 5.82 Å². The summed E-state index contributed by atoms with van der Waals surface area (Å²) in [6.07, 6.45) is 0. The molecule has 0 amide bonds. The van der Waals surface area contributed by atoms with Gasteiger partial charge in [0.05, 0.1) is 33.6 Å². The van der Waals surface area contributed by atoms with Crippen LogP contribution in [-0.2, 0) is 0 Å². The molecule has 0 saturated carbocycles. The van der Waals surface area contributed by atoms with E-state index < -0.39 is 0 Å². The molecule has 4 heteroatoms. The van der Waals surface area contributed by atoms with Crippen LogP contribution >= 0.6 is 0 Å². The molecule has 10 aromatic carbocycles. The lowest BCUT2D eigenvalue weighted by Crippen LogP contribution is -1.96. The molecule has 0 aliphatic rings. The van der Waals surface area contributed by atoms with E-state index in [1.807, 2.05) is 24.3 Å². The van der Waals surface area contributed by atoms with Gasteiger partial charge in [-0.15, -0.1) is 0 Å². The molecule has 3 heterocycles. The number of pyridine rings is 1. The summed E-state index contributed by atoms with van der Waals surface area (Å²) in [5.74, 6) is 0.687. The predicted molar refractivity (Wildman–Crippen MR) is 279 cm³/mol. The van der Waals surface area contributed by atoms with E-state index in [-0.39, 0.29) is 0 Å². The summed E-state index contributed by atoms with van der Waals surface area (Å²) in [4.78, 5) is 15.9. The van der Waals surface area contributed by atoms with Crippen molar-refractivity contribution in [2.24, 2.45) is 0 Å². The summed E-state index contributed by atoms with van der Waals surface area (Å²) >= 11 is 0. The molecule has 0 bridgehead atoms. The van der Waals surface area contributed by atoms with Crippen molar-refractivity contribution in [1.29, 1.82) is 0 Å². The second kappa shape index (κ2) is 15.9. The van der Waals surface area contributed by atoms with Crippen molar-refractivity contribution >= 4 is 54.3 Å². The van der Waals surface area contributed by atoms with Gasteiger partial charge in [-0.3, -0.25) is 0 Å². The lowest BCUT2D eigenvalue weighted by Gasteiger charge is -2.16. The highest BCUT2D eigenvalue weighted by Crippen LogP contribution is 2.41. The Bertz CT molecular complexity index is 3950. The molecule has 0 aliphatic heterocycles. The molecule has 0 N–H and O–H groups in total. The number of fused-ring (bicyclic) bond motifs is 8. The fourth-order valence-electron chi connectivity index (χ4n) is 9.99. The maximum absolute atomic E-state index is 5.62. The van der Waals surface area contributed by atoms with E-state index in [0.29, 0.717) is 5.82 Å². The third-order valence-electron chi connectivity index (χ3n) is 13.2. The van der Waals surface area contributed by atoms with Gasteiger partial charge in [0, 0.05) is 60.4 Å². The fourth-order valence-corrected chi connectivity index (χ4v) is 9.99. The van der Waals surface area contributed by atoms with Gasteiger partial charge in [0.2, 0.25) is 0 Å². The molecule has 13 aromatic rings. The highest BCUT2D eigenvalue weighted by atomic mass is 15.0. The molecule has 13 rings (SSSR count). The molecular formula is C63H40N4. The first kappa shape index (κ1) is 38.5. The molecule has 0 radical (unpaired) electrons. The van der Waals surface area contributed by atoms with Crippen LogP contribution in [0.1, 0.15) is 0 Å². The zero-order valence-electron chi connectivity index (χ0n) is 36.4. The quantitative estimate of drug-likeness (QED) is 0.150. The van der Waals surface area contributed by atoms with Crippen molar-refractivity contribution in [2.75, 3.05) is 0 Å². The lowest BCUT2D eigenvalue weighted by molar-refractivity contribution is 1.18. The lowest BCUT2D eigenvalue weighted by atomic mass is 9.92. The maximum Gasteiger partial charge on any atom is 0.160 e. The molecule has 0 aliphatic carbocycles. The van der Waals surface area contributed by atoms with Crippen molar-refractivity contribution < 1.29 is 0 Å². The fraction of sp³-hybridized carbons (Fsp3) is 0. The monoisotopic (exact) mass is 852 g/mol. The molecular weight excluding hydrogens is 813 g/mol. The van der Waals surface area contributed by atoms with Crippen LogP contribution < -0.4 is 0 Å². The number of nitrogens with zero attached hydrogens (tertiary/aromatic N) is 4.